The molecule has 4 nitrogen and oxygen atoms in total. The van der Waals surface area contributed by atoms with Crippen LogP contribution >= 0.6 is 11.3 Å². The van der Waals surface area contributed by atoms with Gasteiger partial charge in [0.2, 0.25) is 10.0 Å². The lowest BCUT2D eigenvalue weighted by Gasteiger charge is -2.25. The summed E-state index contributed by atoms with van der Waals surface area (Å²) in [5, 5.41) is 5.02. The van der Waals surface area contributed by atoms with Gasteiger partial charge in [-0.05, 0) is 50.6 Å². The van der Waals surface area contributed by atoms with Crippen molar-refractivity contribution in [1.82, 2.24) is 10.0 Å². The first kappa shape index (κ1) is 15.0. The first-order valence-corrected chi connectivity index (χ1v) is 9.04. The fourth-order valence-electron chi connectivity index (χ4n) is 2.23. The van der Waals surface area contributed by atoms with Gasteiger partial charge in [0, 0.05) is 17.0 Å². The highest BCUT2D eigenvalue weighted by Gasteiger charge is 2.41. The molecule has 0 atom stereocenters. The van der Waals surface area contributed by atoms with E-state index < -0.39 is 10.0 Å². The van der Waals surface area contributed by atoms with Gasteiger partial charge in [0.25, 0.3) is 0 Å². The number of hydrogen-bond acceptors (Lipinski definition) is 4. The van der Waals surface area contributed by atoms with E-state index in [2.05, 4.69) is 10.0 Å². The Morgan fingerprint density at radius 3 is 2.68 bits per heavy atom. The monoisotopic (exact) mass is 302 g/mol. The third-order valence-electron chi connectivity index (χ3n) is 3.52. The molecule has 0 amide bonds. The number of rotatable bonds is 7. The molecule has 0 unspecified atom stereocenters. The summed E-state index contributed by atoms with van der Waals surface area (Å²) >= 11 is 1.48. The van der Waals surface area contributed by atoms with E-state index >= 15 is 0 Å². The number of hydrogen-bond donors (Lipinski definition) is 2. The van der Waals surface area contributed by atoms with Crippen LogP contribution in [-0.4, -0.2) is 20.5 Å². The standard InChI is InChI=1S/C13H22N2O2S2/c1-4-14-9-11-12(7-8-18-11)19(16,17)15-13(2,3)10-5-6-10/h7-8,10,14-15H,4-6,9H2,1-3H3. The number of nitrogens with one attached hydrogen (secondary N) is 2. The van der Waals surface area contributed by atoms with Crippen molar-refractivity contribution in [1.29, 1.82) is 0 Å². The minimum Gasteiger partial charge on any atom is -0.312 e. The van der Waals surface area contributed by atoms with E-state index in [-0.39, 0.29) is 5.54 Å². The lowest BCUT2D eigenvalue weighted by Crippen LogP contribution is -2.45. The Hall–Kier alpha value is -0.430. The molecule has 0 radical (unpaired) electrons. The van der Waals surface area contributed by atoms with Gasteiger partial charge in [-0.3, -0.25) is 0 Å². The smallest absolute Gasteiger partial charge is 0.242 e. The van der Waals surface area contributed by atoms with Crippen LogP contribution in [0.25, 0.3) is 0 Å². The highest BCUT2D eigenvalue weighted by Crippen LogP contribution is 2.40. The summed E-state index contributed by atoms with van der Waals surface area (Å²) < 4.78 is 27.9. The molecule has 1 saturated carbocycles. The average molecular weight is 302 g/mol. The predicted molar refractivity (Wildman–Crippen MR) is 78.8 cm³/mol. The molecule has 1 aromatic rings. The van der Waals surface area contributed by atoms with Crippen LogP contribution in [0.2, 0.25) is 0 Å². The summed E-state index contributed by atoms with van der Waals surface area (Å²) in [7, 11) is -3.42. The SMILES string of the molecule is CCNCc1sccc1S(=O)(=O)NC(C)(C)C1CC1. The molecule has 0 bridgehead atoms. The van der Waals surface area contributed by atoms with Gasteiger partial charge in [0.15, 0.2) is 0 Å². The highest BCUT2D eigenvalue weighted by molar-refractivity contribution is 7.89. The topological polar surface area (TPSA) is 58.2 Å². The van der Waals surface area contributed by atoms with Crippen LogP contribution in [0.3, 0.4) is 0 Å². The van der Waals surface area contributed by atoms with Gasteiger partial charge in [0.05, 0.1) is 4.90 Å². The van der Waals surface area contributed by atoms with Gasteiger partial charge in [-0.2, -0.15) is 0 Å². The average Bonchev–Trinajstić information content (AvgIpc) is 3.05. The van der Waals surface area contributed by atoms with E-state index in [0.717, 1.165) is 24.3 Å². The van der Waals surface area contributed by atoms with Crippen LogP contribution in [0.15, 0.2) is 16.3 Å². The summed E-state index contributed by atoms with van der Waals surface area (Å²) in [4.78, 5) is 1.30. The van der Waals surface area contributed by atoms with Gasteiger partial charge < -0.3 is 5.32 Å². The van der Waals surface area contributed by atoms with E-state index in [1.807, 2.05) is 26.2 Å². The van der Waals surface area contributed by atoms with Crippen LogP contribution in [0.1, 0.15) is 38.5 Å². The molecule has 1 fully saturated rings. The van der Waals surface area contributed by atoms with Crippen LogP contribution in [0.4, 0.5) is 0 Å². The molecular weight excluding hydrogens is 280 g/mol. The lowest BCUT2D eigenvalue weighted by molar-refractivity contribution is 0.400. The van der Waals surface area contributed by atoms with Crippen LogP contribution in [0.5, 0.6) is 0 Å². The molecule has 1 aliphatic carbocycles. The fourth-order valence-corrected chi connectivity index (χ4v) is 5.11. The maximum absolute atomic E-state index is 12.5. The molecule has 0 aromatic carbocycles. The van der Waals surface area contributed by atoms with Gasteiger partial charge >= 0.3 is 0 Å². The van der Waals surface area contributed by atoms with E-state index in [1.54, 1.807) is 6.07 Å². The molecule has 0 saturated heterocycles. The first-order chi connectivity index (χ1) is 8.87. The van der Waals surface area contributed by atoms with Crippen molar-refractivity contribution in [3.8, 4) is 0 Å². The van der Waals surface area contributed by atoms with Gasteiger partial charge in [-0.1, -0.05) is 6.92 Å². The van der Waals surface area contributed by atoms with Gasteiger partial charge in [-0.25, -0.2) is 13.1 Å². The van der Waals surface area contributed by atoms with Crippen LogP contribution < -0.4 is 10.0 Å². The molecule has 2 N–H and O–H groups in total. The maximum Gasteiger partial charge on any atom is 0.242 e. The Bertz CT molecular complexity index is 531. The zero-order valence-corrected chi connectivity index (χ0v) is 13.3. The molecule has 0 aliphatic heterocycles. The molecular formula is C13H22N2O2S2. The molecule has 19 heavy (non-hydrogen) atoms. The van der Waals surface area contributed by atoms with Crippen molar-refractivity contribution in [3.05, 3.63) is 16.3 Å². The van der Waals surface area contributed by atoms with E-state index in [4.69, 9.17) is 0 Å². The molecule has 1 heterocycles. The van der Waals surface area contributed by atoms with Crippen LogP contribution in [0, 0.1) is 5.92 Å². The Morgan fingerprint density at radius 2 is 2.11 bits per heavy atom. The first-order valence-electron chi connectivity index (χ1n) is 6.68. The molecule has 0 spiro atoms. The fraction of sp³-hybridized carbons (Fsp3) is 0.692. The van der Waals surface area contributed by atoms with E-state index in [9.17, 15) is 8.42 Å². The predicted octanol–water partition coefficient (Wildman–Crippen LogP) is 2.32. The van der Waals surface area contributed by atoms with Crippen molar-refractivity contribution < 1.29 is 8.42 Å². The van der Waals surface area contributed by atoms with Crippen molar-refractivity contribution in [3.63, 3.8) is 0 Å². The highest BCUT2D eigenvalue weighted by atomic mass is 32.2. The van der Waals surface area contributed by atoms with E-state index in [0.29, 0.717) is 17.4 Å². The summed E-state index contributed by atoms with van der Waals surface area (Å²) in [6.07, 6.45) is 2.23. The largest absolute Gasteiger partial charge is 0.312 e. The lowest BCUT2D eigenvalue weighted by atomic mass is 10.0. The third-order valence-corrected chi connectivity index (χ3v) is 6.33. The second-order valence-corrected chi connectivity index (χ2v) is 8.24. The van der Waals surface area contributed by atoms with Crippen molar-refractivity contribution in [2.24, 2.45) is 5.92 Å². The quantitative estimate of drug-likeness (QED) is 0.812. The molecule has 1 aromatic heterocycles. The maximum atomic E-state index is 12.5. The molecule has 2 rings (SSSR count). The summed E-state index contributed by atoms with van der Waals surface area (Å²) in [6, 6.07) is 1.70. The molecule has 1 aliphatic rings. The Labute approximate surface area is 119 Å². The van der Waals surface area contributed by atoms with Gasteiger partial charge in [0.1, 0.15) is 0 Å². The van der Waals surface area contributed by atoms with Crippen LogP contribution in [-0.2, 0) is 16.6 Å². The second-order valence-electron chi connectivity index (χ2n) is 5.59. The number of sulfonamides is 1. The summed E-state index contributed by atoms with van der Waals surface area (Å²) in [5.41, 5.74) is -0.351. The zero-order chi connectivity index (χ0) is 14.1. The second kappa shape index (κ2) is 5.52. The summed E-state index contributed by atoms with van der Waals surface area (Å²) in [5.74, 6) is 0.470. The normalized spacial score (nSPS) is 16.8. The van der Waals surface area contributed by atoms with Gasteiger partial charge in [-0.15, -0.1) is 11.3 Å². The van der Waals surface area contributed by atoms with E-state index in [1.165, 1.54) is 11.3 Å². The minimum atomic E-state index is -3.42. The molecule has 6 heteroatoms. The Balaban J connectivity index is 2.17. The summed E-state index contributed by atoms with van der Waals surface area (Å²) in [6.45, 7) is 7.39. The molecule has 108 valence electrons. The Morgan fingerprint density at radius 1 is 1.42 bits per heavy atom. The Kier molecular flexibility index (Phi) is 4.35. The van der Waals surface area contributed by atoms with Crippen molar-refractivity contribution in [2.75, 3.05) is 6.54 Å². The third kappa shape index (κ3) is 3.56. The zero-order valence-electron chi connectivity index (χ0n) is 11.7. The van der Waals surface area contributed by atoms with Crippen molar-refractivity contribution >= 4 is 21.4 Å². The van der Waals surface area contributed by atoms with Crippen molar-refractivity contribution in [2.45, 2.75) is 50.6 Å². The minimum absolute atomic E-state index is 0.351. The number of thiophene rings is 1.